The van der Waals surface area contributed by atoms with Gasteiger partial charge in [-0.1, -0.05) is 36.4 Å². The molecule has 3 aliphatic rings. The molecule has 0 aromatic heterocycles. The Hall–Kier alpha value is -1.42. The summed E-state index contributed by atoms with van der Waals surface area (Å²) in [6.07, 6.45) is 0. The lowest BCUT2D eigenvalue weighted by molar-refractivity contribution is -0.00252. The van der Waals surface area contributed by atoms with Gasteiger partial charge in [-0.05, 0) is 29.4 Å². The van der Waals surface area contributed by atoms with Crippen LogP contribution in [-0.4, -0.2) is 55.6 Å². The number of fused-ring (bicyclic) bond motifs is 4. The zero-order chi connectivity index (χ0) is 14.2. The Labute approximate surface area is 126 Å². The van der Waals surface area contributed by atoms with Crippen LogP contribution in [0.3, 0.4) is 0 Å². The molecule has 0 spiro atoms. The fraction of sp³-hybridized carbons (Fsp3) is 0.444. The number of nitrogens with one attached hydrogen (secondary N) is 1. The average Bonchev–Trinajstić information content (AvgIpc) is 2.57. The van der Waals surface area contributed by atoms with Crippen LogP contribution < -0.4 is 5.32 Å². The lowest BCUT2D eigenvalue weighted by Gasteiger charge is -2.50. The molecule has 2 bridgehead atoms. The number of nitrogens with zero attached hydrogens (tertiary/aromatic N) is 2. The van der Waals surface area contributed by atoms with Gasteiger partial charge in [0.2, 0.25) is 0 Å². The van der Waals surface area contributed by atoms with Gasteiger partial charge < -0.3 is 5.32 Å². The Morgan fingerprint density at radius 3 is 2.43 bits per heavy atom. The molecule has 2 unspecified atom stereocenters. The highest BCUT2D eigenvalue weighted by molar-refractivity contribution is 5.83. The van der Waals surface area contributed by atoms with Crippen LogP contribution >= 0.6 is 0 Å². The number of rotatable bonds is 3. The molecular formula is C18H23N3. The van der Waals surface area contributed by atoms with Crippen LogP contribution in [-0.2, 0) is 0 Å². The summed E-state index contributed by atoms with van der Waals surface area (Å²) in [5, 5.41) is 6.23. The summed E-state index contributed by atoms with van der Waals surface area (Å²) in [6.45, 7) is 6.11. The topological polar surface area (TPSA) is 18.5 Å². The van der Waals surface area contributed by atoms with Crippen molar-refractivity contribution in [1.29, 1.82) is 0 Å². The van der Waals surface area contributed by atoms with Crippen LogP contribution in [0.2, 0.25) is 0 Å². The summed E-state index contributed by atoms with van der Waals surface area (Å²) >= 11 is 0. The van der Waals surface area contributed by atoms with Gasteiger partial charge in [0.05, 0.1) is 0 Å². The van der Waals surface area contributed by atoms with E-state index in [-0.39, 0.29) is 0 Å². The van der Waals surface area contributed by atoms with E-state index in [2.05, 4.69) is 64.6 Å². The van der Waals surface area contributed by atoms with Crippen molar-refractivity contribution in [3.8, 4) is 0 Å². The minimum absolute atomic E-state index is 0.415. The highest BCUT2D eigenvalue weighted by atomic mass is 15.4. The molecular weight excluding hydrogens is 258 g/mol. The monoisotopic (exact) mass is 281 g/mol. The molecule has 3 saturated heterocycles. The largest absolute Gasteiger partial charge is 0.312 e. The molecule has 0 aliphatic carbocycles. The van der Waals surface area contributed by atoms with Crippen LogP contribution in [0.25, 0.3) is 10.8 Å². The summed E-state index contributed by atoms with van der Waals surface area (Å²) < 4.78 is 0. The molecule has 2 aromatic rings. The molecule has 3 aliphatic heterocycles. The standard InChI is InChI=1S/C18H23N3/c1-19-18(17-13-20-8-10-21(17)11-9-20)16-7-6-14-4-2-3-5-15(14)12-16/h2-7,12,17-19H,8-11,13H2,1H3. The van der Waals surface area contributed by atoms with Crippen LogP contribution in [0.5, 0.6) is 0 Å². The van der Waals surface area contributed by atoms with Crippen LogP contribution in [0.1, 0.15) is 11.6 Å². The fourth-order valence-corrected chi connectivity index (χ4v) is 3.96. The van der Waals surface area contributed by atoms with E-state index in [1.165, 1.54) is 49.1 Å². The van der Waals surface area contributed by atoms with Gasteiger partial charge >= 0.3 is 0 Å². The smallest absolute Gasteiger partial charge is 0.0488 e. The fourth-order valence-electron chi connectivity index (χ4n) is 3.96. The van der Waals surface area contributed by atoms with Crippen LogP contribution in [0, 0.1) is 0 Å². The lowest BCUT2D eigenvalue weighted by atomic mass is 9.92. The first kappa shape index (κ1) is 13.3. The number of benzene rings is 2. The summed E-state index contributed by atoms with van der Waals surface area (Å²) in [5.41, 5.74) is 1.41. The molecule has 110 valence electrons. The van der Waals surface area contributed by atoms with Crippen molar-refractivity contribution in [2.75, 3.05) is 39.8 Å². The summed E-state index contributed by atoms with van der Waals surface area (Å²) in [4.78, 5) is 5.27. The SMILES string of the molecule is CNC(c1ccc2ccccc2c1)C1CN2CCN1CC2. The number of likely N-dealkylation sites (N-methyl/N-ethyl adjacent to an activating group) is 1. The predicted molar refractivity (Wildman–Crippen MR) is 87.5 cm³/mol. The van der Waals surface area contributed by atoms with Gasteiger partial charge in [-0.2, -0.15) is 0 Å². The van der Waals surface area contributed by atoms with Crippen LogP contribution in [0.4, 0.5) is 0 Å². The molecule has 2 aromatic carbocycles. The zero-order valence-electron chi connectivity index (χ0n) is 12.6. The Kier molecular flexibility index (Phi) is 3.42. The Balaban J connectivity index is 1.67. The van der Waals surface area contributed by atoms with E-state index in [4.69, 9.17) is 0 Å². The molecule has 3 heteroatoms. The second-order valence-corrected chi connectivity index (χ2v) is 6.28. The average molecular weight is 281 g/mol. The van der Waals surface area contributed by atoms with Crippen molar-refractivity contribution in [2.45, 2.75) is 12.1 Å². The van der Waals surface area contributed by atoms with E-state index in [9.17, 15) is 0 Å². The van der Waals surface area contributed by atoms with Crippen molar-refractivity contribution in [1.82, 2.24) is 15.1 Å². The highest BCUT2D eigenvalue weighted by Gasteiger charge is 2.36. The Morgan fingerprint density at radius 1 is 1.00 bits per heavy atom. The predicted octanol–water partition coefficient (Wildman–Crippen LogP) is 2.10. The van der Waals surface area contributed by atoms with E-state index in [1.54, 1.807) is 0 Å². The van der Waals surface area contributed by atoms with E-state index in [0.717, 1.165) is 0 Å². The number of piperazine rings is 3. The minimum atomic E-state index is 0.415. The normalized spacial score (nSPS) is 29.7. The molecule has 3 heterocycles. The first-order valence-corrected chi connectivity index (χ1v) is 7.97. The summed E-state index contributed by atoms with van der Waals surface area (Å²) in [5.74, 6) is 0. The van der Waals surface area contributed by atoms with Gasteiger partial charge in [-0.3, -0.25) is 9.80 Å². The Bertz CT molecular complexity index is 631. The third-order valence-electron chi connectivity index (χ3n) is 5.15. The highest BCUT2D eigenvalue weighted by Crippen LogP contribution is 2.29. The van der Waals surface area contributed by atoms with Crippen molar-refractivity contribution >= 4 is 10.8 Å². The zero-order valence-corrected chi connectivity index (χ0v) is 12.6. The molecule has 1 N–H and O–H groups in total. The number of hydrogen-bond acceptors (Lipinski definition) is 3. The number of hydrogen-bond donors (Lipinski definition) is 1. The van der Waals surface area contributed by atoms with Gasteiger partial charge in [-0.25, -0.2) is 0 Å². The Morgan fingerprint density at radius 2 is 1.76 bits per heavy atom. The maximum absolute atomic E-state index is 3.57. The van der Waals surface area contributed by atoms with Crippen molar-refractivity contribution in [3.05, 3.63) is 48.0 Å². The van der Waals surface area contributed by atoms with Gasteiger partial charge in [-0.15, -0.1) is 0 Å². The molecule has 21 heavy (non-hydrogen) atoms. The molecule has 3 nitrogen and oxygen atoms in total. The third-order valence-corrected chi connectivity index (χ3v) is 5.15. The van der Waals surface area contributed by atoms with Crippen molar-refractivity contribution in [2.24, 2.45) is 0 Å². The molecule has 0 radical (unpaired) electrons. The second kappa shape index (κ2) is 5.41. The molecule has 0 saturated carbocycles. The summed E-state index contributed by atoms with van der Waals surface area (Å²) in [7, 11) is 2.10. The molecule has 5 rings (SSSR count). The molecule has 2 atom stereocenters. The van der Waals surface area contributed by atoms with Crippen molar-refractivity contribution in [3.63, 3.8) is 0 Å². The van der Waals surface area contributed by atoms with Gasteiger partial charge in [0.1, 0.15) is 0 Å². The third kappa shape index (κ3) is 2.35. The lowest BCUT2D eigenvalue weighted by Crippen LogP contribution is -2.63. The van der Waals surface area contributed by atoms with Gasteiger partial charge in [0, 0.05) is 44.8 Å². The van der Waals surface area contributed by atoms with E-state index in [1.807, 2.05) is 0 Å². The van der Waals surface area contributed by atoms with E-state index in [0.29, 0.717) is 12.1 Å². The first-order chi connectivity index (χ1) is 10.3. The van der Waals surface area contributed by atoms with Gasteiger partial charge in [0.15, 0.2) is 0 Å². The second-order valence-electron chi connectivity index (χ2n) is 6.28. The maximum Gasteiger partial charge on any atom is 0.0488 e. The quantitative estimate of drug-likeness (QED) is 0.929. The van der Waals surface area contributed by atoms with E-state index < -0.39 is 0 Å². The molecule has 0 amide bonds. The maximum atomic E-state index is 3.57. The summed E-state index contributed by atoms with van der Waals surface area (Å²) in [6, 6.07) is 16.5. The van der Waals surface area contributed by atoms with Gasteiger partial charge in [0.25, 0.3) is 0 Å². The van der Waals surface area contributed by atoms with Crippen LogP contribution in [0.15, 0.2) is 42.5 Å². The minimum Gasteiger partial charge on any atom is -0.312 e. The van der Waals surface area contributed by atoms with E-state index >= 15 is 0 Å². The van der Waals surface area contributed by atoms with Crippen molar-refractivity contribution < 1.29 is 0 Å². The molecule has 3 fully saturated rings. The first-order valence-electron chi connectivity index (χ1n) is 7.97.